The molecule has 0 radical (unpaired) electrons. The zero-order chi connectivity index (χ0) is 14.5. The van der Waals surface area contributed by atoms with Gasteiger partial charge in [-0.2, -0.15) is 0 Å². The van der Waals surface area contributed by atoms with Crippen molar-refractivity contribution in [3.63, 3.8) is 0 Å². The minimum absolute atomic E-state index is 0.109. The zero-order valence-electron chi connectivity index (χ0n) is 12.7. The molecule has 2 amide bonds. The zero-order valence-corrected chi connectivity index (χ0v) is 12.7. The van der Waals surface area contributed by atoms with Crippen LogP contribution in [0, 0.1) is 5.92 Å². The Morgan fingerprint density at radius 1 is 1.45 bits per heavy atom. The summed E-state index contributed by atoms with van der Waals surface area (Å²) in [6, 6.07) is 0.219. The molecule has 2 unspecified atom stereocenters. The number of piperazine rings is 1. The minimum Gasteiger partial charge on any atom is -0.340 e. The third-order valence-electron chi connectivity index (χ3n) is 4.42. The molecule has 5 heteroatoms. The summed E-state index contributed by atoms with van der Waals surface area (Å²) in [6.45, 7) is 7.78. The fraction of sp³-hybridized carbons (Fsp3) is 0.867. The highest BCUT2D eigenvalue weighted by molar-refractivity contribution is 5.80. The molecule has 1 N–H and O–H groups in total. The van der Waals surface area contributed by atoms with E-state index < -0.39 is 0 Å². The Morgan fingerprint density at radius 2 is 2.25 bits per heavy atom. The number of nitrogens with one attached hydrogen (secondary N) is 1. The van der Waals surface area contributed by atoms with E-state index in [4.69, 9.17) is 0 Å². The molecule has 2 atom stereocenters. The fourth-order valence-corrected chi connectivity index (χ4v) is 3.28. The maximum Gasteiger partial charge on any atom is 0.236 e. The van der Waals surface area contributed by atoms with Gasteiger partial charge in [0.1, 0.15) is 0 Å². The summed E-state index contributed by atoms with van der Waals surface area (Å²) in [5.41, 5.74) is 0. The van der Waals surface area contributed by atoms with Crippen LogP contribution in [0.2, 0.25) is 0 Å². The third-order valence-corrected chi connectivity index (χ3v) is 4.42. The van der Waals surface area contributed by atoms with Crippen molar-refractivity contribution >= 4 is 11.8 Å². The van der Waals surface area contributed by atoms with E-state index in [1.165, 1.54) is 0 Å². The lowest BCUT2D eigenvalue weighted by atomic mass is 9.99. The smallest absolute Gasteiger partial charge is 0.236 e. The average Bonchev–Trinajstić information content (AvgIpc) is 2.47. The first-order valence-electron chi connectivity index (χ1n) is 7.92. The van der Waals surface area contributed by atoms with E-state index in [1.54, 1.807) is 0 Å². The molecule has 114 valence electrons. The molecule has 0 aromatic carbocycles. The van der Waals surface area contributed by atoms with Crippen LogP contribution in [-0.2, 0) is 9.59 Å². The SMILES string of the molecule is CCCC(C)C(=O)N1CCCC(N2CCNCC2=O)C1. The Labute approximate surface area is 121 Å². The van der Waals surface area contributed by atoms with E-state index >= 15 is 0 Å². The van der Waals surface area contributed by atoms with E-state index in [-0.39, 0.29) is 23.8 Å². The van der Waals surface area contributed by atoms with Gasteiger partial charge < -0.3 is 15.1 Å². The Kier molecular flexibility index (Phi) is 5.40. The summed E-state index contributed by atoms with van der Waals surface area (Å²) >= 11 is 0. The van der Waals surface area contributed by atoms with Gasteiger partial charge in [0.2, 0.25) is 11.8 Å². The lowest BCUT2D eigenvalue weighted by Crippen LogP contribution is -2.57. The number of carbonyl (C=O) groups excluding carboxylic acids is 2. The van der Waals surface area contributed by atoms with Crippen LogP contribution in [0.5, 0.6) is 0 Å². The molecule has 2 rings (SSSR count). The van der Waals surface area contributed by atoms with Crippen molar-refractivity contribution < 1.29 is 9.59 Å². The van der Waals surface area contributed by atoms with Crippen LogP contribution in [0.1, 0.15) is 39.5 Å². The van der Waals surface area contributed by atoms with Crippen molar-refractivity contribution in [1.82, 2.24) is 15.1 Å². The van der Waals surface area contributed by atoms with Crippen molar-refractivity contribution in [2.75, 3.05) is 32.7 Å². The first-order chi connectivity index (χ1) is 9.63. The molecule has 0 saturated carbocycles. The predicted octanol–water partition coefficient (Wildman–Crippen LogP) is 0.845. The molecule has 0 aromatic rings. The number of amides is 2. The largest absolute Gasteiger partial charge is 0.340 e. The van der Waals surface area contributed by atoms with E-state index in [0.29, 0.717) is 6.54 Å². The summed E-state index contributed by atoms with van der Waals surface area (Å²) in [7, 11) is 0. The highest BCUT2D eigenvalue weighted by Crippen LogP contribution is 2.20. The van der Waals surface area contributed by atoms with E-state index in [9.17, 15) is 9.59 Å². The quantitative estimate of drug-likeness (QED) is 0.831. The monoisotopic (exact) mass is 281 g/mol. The van der Waals surface area contributed by atoms with Crippen LogP contribution in [-0.4, -0.2) is 60.4 Å². The second-order valence-electron chi connectivity index (χ2n) is 6.03. The normalized spacial score (nSPS) is 25.7. The predicted molar refractivity (Wildman–Crippen MR) is 78.3 cm³/mol. The van der Waals surface area contributed by atoms with Crippen molar-refractivity contribution in [3.8, 4) is 0 Å². The van der Waals surface area contributed by atoms with Gasteiger partial charge in [-0.15, -0.1) is 0 Å². The van der Waals surface area contributed by atoms with Gasteiger partial charge in [0, 0.05) is 38.1 Å². The van der Waals surface area contributed by atoms with Crippen LogP contribution in [0.15, 0.2) is 0 Å². The lowest BCUT2D eigenvalue weighted by molar-refractivity contribution is -0.142. The minimum atomic E-state index is 0.109. The van der Waals surface area contributed by atoms with E-state index in [0.717, 1.165) is 51.9 Å². The highest BCUT2D eigenvalue weighted by atomic mass is 16.2. The molecule has 0 aliphatic carbocycles. The van der Waals surface area contributed by atoms with Gasteiger partial charge >= 0.3 is 0 Å². The van der Waals surface area contributed by atoms with Crippen LogP contribution in [0.25, 0.3) is 0 Å². The molecule has 0 aromatic heterocycles. The molecule has 0 bridgehead atoms. The van der Waals surface area contributed by atoms with Gasteiger partial charge in [-0.3, -0.25) is 9.59 Å². The van der Waals surface area contributed by atoms with Crippen molar-refractivity contribution in [1.29, 1.82) is 0 Å². The molecule has 2 aliphatic heterocycles. The Hall–Kier alpha value is -1.10. The van der Waals surface area contributed by atoms with Crippen molar-refractivity contribution in [2.45, 2.75) is 45.6 Å². The topological polar surface area (TPSA) is 52.7 Å². The summed E-state index contributed by atoms with van der Waals surface area (Å²) in [6.07, 6.45) is 4.02. The number of rotatable bonds is 4. The summed E-state index contributed by atoms with van der Waals surface area (Å²) in [5.74, 6) is 0.550. The molecular formula is C15H27N3O2. The van der Waals surface area contributed by atoms with Crippen LogP contribution in [0.4, 0.5) is 0 Å². The van der Waals surface area contributed by atoms with E-state index in [1.807, 2.05) is 16.7 Å². The van der Waals surface area contributed by atoms with E-state index in [2.05, 4.69) is 12.2 Å². The highest BCUT2D eigenvalue weighted by Gasteiger charge is 2.32. The molecule has 5 nitrogen and oxygen atoms in total. The van der Waals surface area contributed by atoms with Crippen molar-refractivity contribution in [2.24, 2.45) is 5.92 Å². The summed E-state index contributed by atoms with van der Waals surface area (Å²) in [5, 5.41) is 3.10. The number of nitrogens with zero attached hydrogens (tertiary/aromatic N) is 2. The molecule has 2 saturated heterocycles. The second kappa shape index (κ2) is 7.07. The third kappa shape index (κ3) is 3.51. The number of likely N-dealkylation sites (tertiary alicyclic amines) is 1. The van der Waals surface area contributed by atoms with Gasteiger partial charge in [-0.25, -0.2) is 0 Å². The second-order valence-corrected chi connectivity index (χ2v) is 6.03. The maximum atomic E-state index is 12.4. The maximum absolute atomic E-state index is 12.4. The van der Waals surface area contributed by atoms with Crippen LogP contribution in [0.3, 0.4) is 0 Å². The van der Waals surface area contributed by atoms with Gasteiger partial charge in [-0.05, 0) is 19.3 Å². The molecule has 2 aliphatic rings. The Balaban J connectivity index is 1.94. The molecule has 0 spiro atoms. The molecule has 2 heterocycles. The van der Waals surface area contributed by atoms with Crippen molar-refractivity contribution in [3.05, 3.63) is 0 Å². The first kappa shape index (κ1) is 15.3. The first-order valence-corrected chi connectivity index (χ1v) is 7.92. The summed E-state index contributed by atoms with van der Waals surface area (Å²) in [4.78, 5) is 28.3. The number of carbonyl (C=O) groups is 2. The fourth-order valence-electron chi connectivity index (χ4n) is 3.28. The Morgan fingerprint density at radius 3 is 2.95 bits per heavy atom. The van der Waals surface area contributed by atoms with Gasteiger partial charge in [0.05, 0.1) is 6.54 Å². The van der Waals surface area contributed by atoms with Crippen LogP contribution >= 0.6 is 0 Å². The number of piperidine rings is 1. The lowest BCUT2D eigenvalue weighted by Gasteiger charge is -2.41. The molecule has 20 heavy (non-hydrogen) atoms. The van der Waals surface area contributed by atoms with Crippen LogP contribution < -0.4 is 5.32 Å². The molecule has 2 fully saturated rings. The van der Waals surface area contributed by atoms with Gasteiger partial charge in [-0.1, -0.05) is 20.3 Å². The molecular weight excluding hydrogens is 254 g/mol. The number of hydrogen-bond acceptors (Lipinski definition) is 3. The standard InChI is InChI=1S/C15H27N3O2/c1-3-5-12(2)15(20)17-8-4-6-13(11-17)18-9-7-16-10-14(18)19/h12-13,16H,3-11H2,1-2H3. The summed E-state index contributed by atoms with van der Waals surface area (Å²) < 4.78 is 0. The van der Waals surface area contributed by atoms with Gasteiger partial charge in [0.25, 0.3) is 0 Å². The van der Waals surface area contributed by atoms with Gasteiger partial charge in [0.15, 0.2) is 0 Å². The average molecular weight is 281 g/mol. The Bertz CT molecular complexity index is 359. The number of hydrogen-bond donors (Lipinski definition) is 1.